The summed E-state index contributed by atoms with van der Waals surface area (Å²) in [6.07, 6.45) is 8.83. The Labute approximate surface area is 98.2 Å². The zero-order valence-corrected chi connectivity index (χ0v) is 10.8. The van der Waals surface area contributed by atoms with Crippen molar-refractivity contribution < 1.29 is 0 Å². The second-order valence-electron chi connectivity index (χ2n) is 5.51. The van der Waals surface area contributed by atoms with Gasteiger partial charge >= 0.3 is 0 Å². The third-order valence-corrected chi connectivity index (χ3v) is 4.17. The Morgan fingerprint density at radius 3 is 2.88 bits per heavy atom. The van der Waals surface area contributed by atoms with Crippen LogP contribution in [0.15, 0.2) is 0 Å². The van der Waals surface area contributed by atoms with Crippen LogP contribution in [0, 0.1) is 5.41 Å². The molecule has 0 aliphatic heterocycles. The molecule has 1 aromatic heterocycles. The molecular weight excluding hydrogens is 198 g/mol. The monoisotopic (exact) mass is 221 g/mol. The van der Waals surface area contributed by atoms with Gasteiger partial charge in [-0.1, -0.05) is 38.3 Å². The van der Waals surface area contributed by atoms with Crippen LogP contribution in [-0.4, -0.2) is 15.0 Å². The molecule has 1 aliphatic rings. The minimum absolute atomic E-state index is 0.426. The Morgan fingerprint density at radius 1 is 1.31 bits per heavy atom. The first-order chi connectivity index (χ1) is 7.64. The van der Waals surface area contributed by atoms with Crippen LogP contribution in [0.1, 0.15) is 57.3 Å². The smallest absolute Gasteiger partial charge is 0.0864 e. The van der Waals surface area contributed by atoms with Gasteiger partial charge in [0.25, 0.3) is 0 Å². The second kappa shape index (κ2) is 4.56. The van der Waals surface area contributed by atoms with Crippen molar-refractivity contribution in [1.82, 2.24) is 15.0 Å². The van der Waals surface area contributed by atoms with Gasteiger partial charge in [0.15, 0.2) is 0 Å². The van der Waals surface area contributed by atoms with E-state index in [0.29, 0.717) is 5.41 Å². The van der Waals surface area contributed by atoms with Gasteiger partial charge in [-0.2, -0.15) is 0 Å². The van der Waals surface area contributed by atoms with E-state index in [-0.39, 0.29) is 0 Å². The zero-order valence-electron chi connectivity index (χ0n) is 10.8. The van der Waals surface area contributed by atoms with E-state index in [9.17, 15) is 0 Å². The van der Waals surface area contributed by atoms with E-state index in [0.717, 1.165) is 12.8 Å². The Kier molecular flexibility index (Phi) is 3.31. The molecule has 1 unspecified atom stereocenters. The highest BCUT2D eigenvalue weighted by Gasteiger charge is 2.26. The van der Waals surface area contributed by atoms with Crippen molar-refractivity contribution in [2.75, 3.05) is 0 Å². The van der Waals surface area contributed by atoms with Crippen LogP contribution < -0.4 is 0 Å². The van der Waals surface area contributed by atoms with Gasteiger partial charge in [-0.25, -0.2) is 0 Å². The molecule has 0 saturated heterocycles. The van der Waals surface area contributed by atoms with Gasteiger partial charge in [0.2, 0.25) is 0 Å². The second-order valence-corrected chi connectivity index (χ2v) is 5.51. The topological polar surface area (TPSA) is 30.7 Å². The molecule has 1 heterocycles. The van der Waals surface area contributed by atoms with Crippen molar-refractivity contribution in [3.63, 3.8) is 0 Å². The van der Waals surface area contributed by atoms with E-state index >= 15 is 0 Å². The lowest BCUT2D eigenvalue weighted by atomic mass is 9.78. The molecule has 0 N–H and O–H groups in total. The highest BCUT2D eigenvalue weighted by atomic mass is 15.4. The van der Waals surface area contributed by atoms with E-state index in [1.807, 2.05) is 11.7 Å². The van der Waals surface area contributed by atoms with Gasteiger partial charge in [-0.05, 0) is 31.1 Å². The molecule has 2 rings (SSSR count). The fourth-order valence-corrected chi connectivity index (χ4v) is 2.68. The van der Waals surface area contributed by atoms with E-state index in [1.165, 1.54) is 43.5 Å². The van der Waals surface area contributed by atoms with Crippen LogP contribution >= 0.6 is 0 Å². The van der Waals surface area contributed by atoms with E-state index in [1.54, 1.807) is 0 Å². The SMILES string of the molecule is CCC1(C)CCCCCc2c(nnn2C)C1. The maximum absolute atomic E-state index is 4.36. The Morgan fingerprint density at radius 2 is 2.12 bits per heavy atom. The first-order valence-corrected chi connectivity index (χ1v) is 6.52. The number of fused-ring (bicyclic) bond motifs is 1. The molecule has 3 nitrogen and oxygen atoms in total. The summed E-state index contributed by atoms with van der Waals surface area (Å²) in [4.78, 5) is 0. The largest absolute Gasteiger partial charge is 0.252 e. The highest BCUT2D eigenvalue weighted by Crippen LogP contribution is 2.34. The minimum atomic E-state index is 0.426. The first-order valence-electron chi connectivity index (χ1n) is 6.52. The molecule has 3 heteroatoms. The molecule has 0 saturated carbocycles. The summed E-state index contributed by atoms with van der Waals surface area (Å²) in [5.74, 6) is 0. The lowest BCUT2D eigenvalue weighted by Crippen LogP contribution is -2.19. The van der Waals surface area contributed by atoms with Gasteiger partial charge in [0.05, 0.1) is 11.4 Å². The minimum Gasteiger partial charge on any atom is -0.252 e. The molecule has 90 valence electrons. The molecule has 0 bridgehead atoms. The van der Waals surface area contributed by atoms with Crippen molar-refractivity contribution >= 4 is 0 Å². The van der Waals surface area contributed by atoms with Crippen LogP contribution in [0.4, 0.5) is 0 Å². The Balaban J connectivity index is 2.28. The van der Waals surface area contributed by atoms with Crippen molar-refractivity contribution in [2.24, 2.45) is 12.5 Å². The number of nitrogens with zero attached hydrogens (tertiary/aromatic N) is 3. The fourth-order valence-electron chi connectivity index (χ4n) is 2.68. The zero-order chi connectivity index (χ0) is 11.6. The summed E-state index contributed by atoms with van der Waals surface area (Å²) in [6.45, 7) is 4.70. The van der Waals surface area contributed by atoms with Crippen LogP contribution in [0.5, 0.6) is 0 Å². The summed E-state index contributed by atoms with van der Waals surface area (Å²) in [5, 5.41) is 8.53. The van der Waals surface area contributed by atoms with Crippen molar-refractivity contribution in [3.8, 4) is 0 Å². The molecule has 0 aromatic carbocycles. The van der Waals surface area contributed by atoms with Gasteiger partial charge in [-0.3, -0.25) is 4.68 Å². The molecule has 0 radical (unpaired) electrons. The number of rotatable bonds is 1. The van der Waals surface area contributed by atoms with Gasteiger partial charge in [0, 0.05) is 7.05 Å². The lowest BCUT2D eigenvalue weighted by Gasteiger charge is -2.27. The summed E-state index contributed by atoms with van der Waals surface area (Å²) in [6, 6.07) is 0. The average molecular weight is 221 g/mol. The number of hydrogen-bond acceptors (Lipinski definition) is 2. The Bertz CT molecular complexity index is 356. The number of hydrogen-bond donors (Lipinski definition) is 0. The third kappa shape index (κ3) is 2.28. The van der Waals surface area contributed by atoms with Crippen LogP contribution in [0.25, 0.3) is 0 Å². The van der Waals surface area contributed by atoms with E-state index < -0.39 is 0 Å². The first kappa shape index (κ1) is 11.6. The van der Waals surface area contributed by atoms with E-state index in [4.69, 9.17) is 0 Å². The average Bonchev–Trinajstić information content (AvgIpc) is 2.63. The molecule has 1 aliphatic carbocycles. The maximum Gasteiger partial charge on any atom is 0.0864 e. The molecule has 1 aromatic rings. The van der Waals surface area contributed by atoms with E-state index in [2.05, 4.69) is 24.2 Å². The van der Waals surface area contributed by atoms with Crippen LogP contribution in [0.2, 0.25) is 0 Å². The summed E-state index contributed by atoms with van der Waals surface area (Å²) in [7, 11) is 2.02. The summed E-state index contributed by atoms with van der Waals surface area (Å²) >= 11 is 0. The lowest BCUT2D eigenvalue weighted by molar-refractivity contribution is 0.270. The predicted octanol–water partition coefficient (Wildman–Crippen LogP) is 2.89. The normalized spacial score (nSPS) is 26.7. The molecule has 0 amide bonds. The highest BCUT2D eigenvalue weighted by molar-refractivity contribution is 5.13. The molecule has 0 fully saturated rings. The summed E-state index contributed by atoms with van der Waals surface area (Å²) < 4.78 is 1.97. The van der Waals surface area contributed by atoms with Crippen molar-refractivity contribution in [2.45, 2.75) is 58.8 Å². The maximum atomic E-state index is 4.36. The fraction of sp³-hybridized carbons (Fsp3) is 0.846. The molecular formula is C13H23N3. The molecule has 1 atom stereocenters. The number of aromatic nitrogens is 3. The predicted molar refractivity (Wildman–Crippen MR) is 65.3 cm³/mol. The third-order valence-electron chi connectivity index (χ3n) is 4.17. The van der Waals surface area contributed by atoms with Gasteiger partial charge in [-0.15, -0.1) is 5.10 Å². The molecule has 0 spiro atoms. The van der Waals surface area contributed by atoms with Gasteiger partial charge in [0.1, 0.15) is 0 Å². The van der Waals surface area contributed by atoms with Crippen LogP contribution in [0.3, 0.4) is 0 Å². The van der Waals surface area contributed by atoms with Crippen molar-refractivity contribution in [3.05, 3.63) is 11.4 Å². The molecule has 16 heavy (non-hydrogen) atoms. The summed E-state index contributed by atoms with van der Waals surface area (Å²) in [5.41, 5.74) is 3.03. The number of aryl methyl sites for hydroxylation is 1. The van der Waals surface area contributed by atoms with Gasteiger partial charge < -0.3 is 0 Å². The van der Waals surface area contributed by atoms with Crippen molar-refractivity contribution in [1.29, 1.82) is 0 Å². The standard InChI is InChI=1S/C13H23N3/c1-4-13(2)9-7-5-6-8-12-11(10-13)14-15-16(12)3/h4-10H2,1-3H3. The quantitative estimate of drug-likeness (QED) is 0.730. The Hall–Kier alpha value is -0.860. The van der Waals surface area contributed by atoms with Crippen LogP contribution in [-0.2, 0) is 19.9 Å².